The van der Waals surface area contributed by atoms with Gasteiger partial charge in [0, 0.05) is 12.5 Å². The van der Waals surface area contributed by atoms with Gasteiger partial charge in [0.15, 0.2) is 0 Å². The molecule has 0 aromatic carbocycles. The SMILES string of the molecule is O=C1OCC(CCO)CO1. The number of aliphatic hydroxyl groups is 1. The van der Waals surface area contributed by atoms with Gasteiger partial charge < -0.3 is 14.6 Å². The van der Waals surface area contributed by atoms with E-state index in [1.165, 1.54) is 0 Å². The number of rotatable bonds is 2. The fourth-order valence-electron chi connectivity index (χ4n) is 0.811. The van der Waals surface area contributed by atoms with Crippen LogP contribution in [0.25, 0.3) is 0 Å². The predicted octanol–water partition coefficient (Wildman–Crippen LogP) is 0.152. The van der Waals surface area contributed by atoms with E-state index < -0.39 is 6.16 Å². The van der Waals surface area contributed by atoms with Crippen LogP contribution in [-0.4, -0.2) is 31.1 Å². The third-order valence-electron chi connectivity index (χ3n) is 1.41. The molecular formula is C6H10O4. The number of hydrogen-bond donors (Lipinski definition) is 1. The largest absolute Gasteiger partial charge is 0.508 e. The van der Waals surface area contributed by atoms with Crippen molar-refractivity contribution in [2.75, 3.05) is 19.8 Å². The van der Waals surface area contributed by atoms with Crippen molar-refractivity contribution >= 4 is 6.16 Å². The zero-order chi connectivity index (χ0) is 7.40. The summed E-state index contributed by atoms with van der Waals surface area (Å²) in [5.41, 5.74) is 0. The van der Waals surface area contributed by atoms with Gasteiger partial charge in [-0.05, 0) is 6.42 Å². The Morgan fingerprint density at radius 3 is 2.60 bits per heavy atom. The van der Waals surface area contributed by atoms with Crippen LogP contribution < -0.4 is 0 Å². The molecule has 1 aliphatic heterocycles. The van der Waals surface area contributed by atoms with Crippen LogP contribution in [0.5, 0.6) is 0 Å². The second kappa shape index (κ2) is 3.41. The summed E-state index contributed by atoms with van der Waals surface area (Å²) in [6.45, 7) is 0.865. The summed E-state index contributed by atoms with van der Waals surface area (Å²) in [7, 11) is 0. The van der Waals surface area contributed by atoms with Gasteiger partial charge in [-0.2, -0.15) is 0 Å². The highest BCUT2D eigenvalue weighted by Crippen LogP contribution is 2.09. The molecule has 58 valence electrons. The van der Waals surface area contributed by atoms with Gasteiger partial charge in [-0.15, -0.1) is 0 Å². The van der Waals surface area contributed by atoms with Gasteiger partial charge in [0.25, 0.3) is 0 Å². The fourth-order valence-corrected chi connectivity index (χ4v) is 0.811. The third-order valence-corrected chi connectivity index (χ3v) is 1.41. The Morgan fingerprint density at radius 1 is 1.50 bits per heavy atom. The minimum Gasteiger partial charge on any atom is -0.434 e. The van der Waals surface area contributed by atoms with Crippen LogP contribution in [0.2, 0.25) is 0 Å². The molecule has 10 heavy (non-hydrogen) atoms. The topological polar surface area (TPSA) is 55.8 Å². The quantitative estimate of drug-likeness (QED) is 0.563. The van der Waals surface area contributed by atoms with Gasteiger partial charge in [-0.25, -0.2) is 4.79 Å². The summed E-state index contributed by atoms with van der Waals surface area (Å²) in [6, 6.07) is 0. The Morgan fingerprint density at radius 2 is 2.10 bits per heavy atom. The molecule has 0 aromatic rings. The Bertz CT molecular complexity index is 113. The first-order valence-corrected chi connectivity index (χ1v) is 3.23. The van der Waals surface area contributed by atoms with Gasteiger partial charge in [-0.1, -0.05) is 0 Å². The van der Waals surface area contributed by atoms with E-state index in [-0.39, 0.29) is 12.5 Å². The van der Waals surface area contributed by atoms with Crippen LogP contribution in [0.3, 0.4) is 0 Å². The normalized spacial score (nSPS) is 19.9. The summed E-state index contributed by atoms with van der Waals surface area (Å²) in [4.78, 5) is 10.3. The Labute approximate surface area is 58.7 Å². The molecule has 0 unspecified atom stereocenters. The molecule has 1 saturated heterocycles. The predicted molar refractivity (Wildman–Crippen MR) is 32.5 cm³/mol. The van der Waals surface area contributed by atoms with Crippen molar-refractivity contribution in [2.45, 2.75) is 6.42 Å². The maximum Gasteiger partial charge on any atom is 0.508 e. The first-order chi connectivity index (χ1) is 4.83. The summed E-state index contributed by atoms with van der Waals surface area (Å²) in [6.07, 6.45) is 0.0296. The van der Waals surface area contributed by atoms with Gasteiger partial charge in [0.2, 0.25) is 0 Å². The molecule has 1 N–H and O–H groups in total. The van der Waals surface area contributed by atoms with Crippen LogP contribution in [0.1, 0.15) is 6.42 Å². The lowest BCUT2D eigenvalue weighted by molar-refractivity contribution is -0.0176. The second-order valence-electron chi connectivity index (χ2n) is 2.25. The fraction of sp³-hybridized carbons (Fsp3) is 0.833. The van der Waals surface area contributed by atoms with E-state index in [2.05, 4.69) is 9.47 Å². The second-order valence-corrected chi connectivity index (χ2v) is 2.25. The molecular weight excluding hydrogens is 136 g/mol. The first kappa shape index (κ1) is 7.34. The van der Waals surface area contributed by atoms with E-state index in [1.54, 1.807) is 0 Å². The van der Waals surface area contributed by atoms with E-state index in [4.69, 9.17) is 5.11 Å². The van der Waals surface area contributed by atoms with Gasteiger partial charge in [-0.3, -0.25) is 0 Å². The number of carbonyl (C=O) groups is 1. The minimum absolute atomic E-state index is 0.117. The number of hydrogen-bond acceptors (Lipinski definition) is 4. The molecule has 1 rings (SSSR count). The van der Waals surface area contributed by atoms with Crippen molar-refractivity contribution in [1.82, 2.24) is 0 Å². The Balaban J connectivity index is 2.19. The highest BCUT2D eigenvalue weighted by atomic mass is 16.7. The number of carbonyl (C=O) groups excluding carboxylic acids is 1. The van der Waals surface area contributed by atoms with E-state index in [9.17, 15) is 4.79 Å². The molecule has 1 aliphatic rings. The van der Waals surface area contributed by atoms with Crippen LogP contribution in [0.4, 0.5) is 4.79 Å². The number of cyclic esters (lactones) is 2. The van der Waals surface area contributed by atoms with Gasteiger partial charge >= 0.3 is 6.16 Å². The molecule has 0 radical (unpaired) electrons. The average Bonchev–Trinajstić information content (AvgIpc) is 1.95. The number of aliphatic hydroxyl groups excluding tert-OH is 1. The molecule has 0 bridgehead atoms. The Kier molecular flexibility index (Phi) is 2.50. The monoisotopic (exact) mass is 146 g/mol. The molecule has 0 aliphatic carbocycles. The molecule has 0 amide bonds. The molecule has 0 aromatic heterocycles. The van der Waals surface area contributed by atoms with Gasteiger partial charge in [0.05, 0.1) is 0 Å². The van der Waals surface area contributed by atoms with E-state index in [0.29, 0.717) is 19.6 Å². The summed E-state index contributed by atoms with van der Waals surface area (Å²) < 4.78 is 9.14. The van der Waals surface area contributed by atoms with E-state index in [1.807, 2.05) is 0 Å². The van der Waals surface area contributed by atoms with Crippen molar-refractivity contribution in [3.05, 3.63) is 0 Å². The maximum absolute atomic E-state index is 10.3. The lowest BCUT2D eigenvalue weighted by atomic mass is 10.1. The molecule has 0 atom stereocenters. The van der Waals surface area contributed by atoms with Gasteiger partial charge in [0.1, 0.15) is 13.2 Å². The minimum atomic E-state index is -0.603. The lowest BCUT2D eigenvalue weighted by Gasteiger charge is -2.20. The maximum atomic E-state index is 10.3. The summed E-state index contributed by atoms with van der Waals surface area (Å²) >= 11 is 0. The van der Waals surface area contributed by atoms with Crippen LogP contribution in [-0.2, 0) is 9.47 Å². The van der Waals surface area contributed by atoms with E-state index >= 15 is 0 Å². The summed E-state index contributed by atoms with van der Waals surface area (Å²) in [5.74, 6) is 0.169. The zero-order valence-electron chi connectivity index (χ0n) is 5.58. The zero-order valence-corrected chi connectivity index (χ0v) is 5.58. The van der Waals surface area contributed by atoms with Crippen molar-refractivity contribution < 1.29 is 19.4 Å². The third kappa shape index (κ3) is 1.88. The van der Waals surface area contributed by atoms with E-state index in [0.717, 1.165) is 0 Å². The van der Waals surface area contributed by atoms with Crippen molar-refractivity contribution in [2.24, 2.45) is 5.92 Å². The van der Waals surface area contributed by atoms with Crippen molar-refractivity contribution in [3.8, 4) is 0 Å². The Hall–Kier alpha value is -0.770. The average molecular weight is 146 g/mol. The van der Waals surface area contributed by atoms with Crippen molar-refractivity contribution in [3.63, 3.8) is 0 Å². The molecule has 1 heterocycles. The molecule has 1 fully saturated rings. The highest BCUT2D eigenvalue weighted by molar-refractivity contribution is 5.60. The molecule has 0 spiro atoms. The summed E-state index contributed by atoms with van der Waals surface area (Å²) in [5, 5.41) is 8.49. The van der Waals surface area contributed by atoms with Crippen LogP contribution in [0, 0.1) is 5.92 Å². The molecule has 0 saturated carbocycles. The lowest BCUT2D eigenvalue weighted by Crippen LogP contribution is -2.27. The number of ether oxygens (including phenoxy) is 2. The standard InChI is InChI=1S/C6H10O4/c7-2-1-5-3-9-6(8)10-4-5/h5,7H,1-4H2. The molecule has 4 nitrogen and oxygen atoms in total. The first-order valence-electron chi connectivity index (χ1n) is 3.23. The van der Waals surface area contributed by atoms with Crippen LogP contribution in [0.15, 0.2) is 0 Å². The molecule has 4 heteroatoms. The van der Waals surface area contributed by atoms with Crippen LogP contribution >= 0.6 is 0 Å². The smallest absolute Gasteiger partial charge is 0.434 e. The van der Waals surface area contributed by atoms with Crippen molar-refractivity contribution in [1.29, 1.82) is 0 Å². The highest BCUT2D eigenvalue weighted by Gasteiger charge is 2.19.